The second-order valence-electron chi connectivity index (χ2n) is 8.43. The van der Waals surface area contributed by atoms with E-state index in [-0.39, 0.29) is 13.2 Å². The van der Waals surface area contributed by atoms with Crippen molar-refractivity contribution >= 4 is 12.2 Å². The van der Waals surface area contributed by atoms with E-state index in [0.717, 1.165) is 11.1 Å². The molecule has 0 unspecified atom stereocenters. The fraction of sp³-hybridized carbons (Fsp3) is 0.417. The largest absolute Gasteiger partial charge is 0.445 e. The molecule has 7 nitrogen and oxygen atoms in total. The Labute approximate surface area is 184 Å². The first-order valence-corrected chi connectivity index (χ1v) is 10.3. The third-order valence-electron chi connectivity index (χ3n) is 4.44. The van der Waals surface area contributed by atoms with Crippen molar-refractivity contribution in [2.24, 2.45) is 0 Å². The lowest BCUT2D eigenvalue weighted by Gasteiger charge is -2.29. The average Bonchev–Trinajstić information content (AvgIpc) is 2.72. The van der Waals surface area contributed by atoms with Crippen LogP contribution in [0.3, 0.4) is 0 Å². The standard InChI is InChI=1S/C24H32N2O5/c1-24(2,3)31-23(29)26(4)16-21(27)20(15-18-11-7-5-8-12-18)25-22(28)30-17-19-13-9-6-10-14-19/h5-14,20-21,27H,15-17H2,1-4H3,(H,25,28)/t20-,21+/m0/s1. The Balaban J connectivity index is 2.01. The number of hydrogen-bond donors (Lipinski definition) is 2. The van der Waals surface area contributed by atoms with Crippen molar-refractivity contribution in [2.75, 3.05) is 13.6 Å². The Morgan fingerprint density at radius 2 is 1.55 bits per heavy atom. The van der Waals surface area contributed by atoms with E-state index in [1.165, 1.54) is 4.90 Å². The minimum absolute atomic E-state index is 0.00855. The highest BCUT2D eigenvalue weighted by atomic mass is 16.6. The Morgan fingerprint density at radius 1 is 1.00 bits per heavy atom. The second-order valence-corrected chi connectivity index (χ2v) is 8.43. The van der Waals surface area contributed by atoms with Crippen LogP contribution in [0.5, 0.6) is 0 Å². The van der Waals surface area contributed by atoms with Gasteiger partial charge in [0, 0.05) is 7.05 Å². The molecule has 0 aliphatic rings. The summed E-state index contributed by atoms with van der Waals surface area (Å²) < 4.78 is 10.6. The average molecular weight is 429 g/mol. The molecule has 0 spiro atoms. The van der Waals surface area contributed by atoms with Crippen LogP contribution in [0.15, 0.2) is 60.7 Å². The number of amides is 2. The van der Waals surface area contributed by atoms with Crippen molar-refractivity contribution in [3.63, 3.8) is 0 Å². The van der Waals surface area contributed by atoms with Crippen LogP contribution in [-0.4, -0.2) is 53.5 Å². The van der Waals surface area contributed by atoms with Crippen molar-refractivity contribution in [1.82, 2.24) is 10.2 Å². The fourth-order valence-electron chi connectivity index (χ4n) is 2.89. The van der Waals surface area contributed by atoms with Crippen molar-refractivity contribution < 1.29 is 24.2 Å². The fourth-order valence-corrected chi connectivity index (χ4v) is 2.89. The maximum Gasteiger partial charge on any atom is 0.410 e. The molecule has 31 heavy (non-hydrogen) atoms. The summed E-state index contributed by atoms with van der Waals surface area (Å²) in [7, 11) is 1.55. The van der Waals surface area contributed by atoms with E-state index in [1.807, 2.05) is 60.7 Å². The van der Waals surface area contributed by atoms with Gasteiger partial charge in [-0.05, 0) is 38.3 Å². The van der Waals surface area contributed by atoms with E-state index in [2.05, 4.69) is 5.32 Å². The second kappa shape index (κ2) is 11.4. The number of carbonyl (C=O) groups excluding carboxylic acids is 2. The first kappa shape index (κ1) is 24.2. The Bertz CT molecular complexity index is 821. The molecule has 0 radical (unpaired) electrons. The monoisotopic (exact) mass is 428 g/mol. The number of benzene rings is 2. The molecule has 2 aromatic rings. The number of alkyl carbamates (subject to hydrolysis) is 1. The van der Waals surface area contributed by atoms with Gasteiger partial charge in [0.05, 0.1) is 18.7 Å². The van der Waals surface area contributed by atoms with Crippen LogP contribution < -0.4 is 5.32 Å². The lowest BCUT2D eigenvalue weighted by molar-refractivity contribution is 0.0164. The lowest BCUT2D eigenvalue weighted by Crippen LogP contribution is -2.50. The molecule has 0 saturated carbocycles. The first-order valence-electron chi connectivity index (χ1n) is 10.3. The molecule has 0 aliphatic carbocycles. The number of hydrogen-bond acceptors (Lipinski definition) is 5. The summed E-state index contributed by atoms with van der Waals surface area (Å²) in [5, 5.41) is 13.5. The van der Waals surface area contributed by atoms with Crippen LogP contribution in [0.1, 0.15) is 31.9 Å². The Kier molecular flexibility index (Phi) is 8.88. The molecule has 2 aromatic carbocycles. The van der Waals surface area contributed by atoms with Crippen LogP contribution in [0.4, 0.5) is 9.59 Å². The molecule has 0 bridgehead atoms. The van der Waals surface area contributed by atoms with Gasteiger partial charge in [0.2, 0.25) is 0 Å². The molecule has 0 aliphatic heterocycles. The van der Waals surface area contributed by atoms with Crippen LogP contribution in [0.25, 0.3) is 0 Å². The molecule has 2 amide bonds. The number of carbonyl (C=O) groups is 2. The van der Waals surface area contributed by atoms with E-state index in [4.69, 9.17) is 9.47 Å². The SMILES string of the molecule is CN(C[C@@H](O)[C@H](Cc1ccccc1)NC(=O)OCc1ccccc1)C(=O)OC(C)(C)C. The molecule has 0 heterocycles. The number of aliphatic hydroxyl groups is 1. The maximum atomic E-state index is 12.4. The van der Waals surface area contributed by atoms with Gasteiger partial charge in [-0.15, -0.1) is 0 Å². The minimum atomic E-state index is -1.03. The van der Waals surface area contributed by atoms with Crippen LogP contribution >= 0.6 is 0 Å². The van der Waals surface area contributed by atoms with Crippen molar-refractivity contribution in [3.8, 4) is 0 Å². The minimum Gasteiger partial charge on any atom is -0.445 e. The molecule has 2 rings (SSSR count). The van der Waals surface area contributed by atoms with Crippen LogP contribution in [-0.2, 0) is 22.5 Å². The Morgan fingerprint density at radius 3 is 2.10 bits per heavy atom. The molecule has 2 atom stereocenters. The zero-order valence-corrected chi connectivity index (χ0v) is 18.6. The number of nitrogens with zero attached hydrogens (tertiary/aromatic N) is 1. The number of ether oxygens (including phenoxy) is 2. The zero-order valence-electron chi connectivity index (χ0n) is 18.6. The number of likely N-dealkylation sites (N-methyl/N-ethyl adjacent to an activating group) is 1. The number of aliphatic hydroxyl groups excluding tert-OH is 1. The topological polar surface area (TPSA) is 88.1 Å². The van der Waals surface area contributed by atoms with Gasteiger partial charge < -0.3 is 24.8 Å². The Hall–Kier alpha value is -3.06. The molecule has 2 N–H and O–H groups in total. The highest BCUT2D eigenvalue weighted by molar-refractivity contribution is 5.68. The van der Waals surface area contributed by atoms with E-state index < -0.39 is 29.9 Å². The molecule has 168 valence electrons. The quantitative estimate of drug-likeness (QED) is 0.669. The van der Waals surface area contributed by atoms with Crippen LogP contribution in [0.2, 0.25) is 0 Å². The lowest BCUT2D eigenvalue weighted by atomic mass is 10.0. The first-order chi connectivity index (χ1) is 14.6. The van der Waals surface area contributed by atoms with Crippen LogP contribution in [0, 0.1) is 0 Å². The van der Waals surface area contributed by atoms with E-state index in [0.29, 0.717) is 6.42 Å². The zero-order chi connectivity index (χ0) is 22.9. The molecule has 0 saturated heterocycles. The summed E-state index contributed by atoms with van der Waals surface area (Å²) >= 11 is 0. The van der Waals surface area contributed by atoms with Gasteiger partial charge >= 0.3 is 12.2 Å². The molecular formula is C24H32N2O5. The van der Waals surface area contributed by atoms with Gasteiger partial charge in [-0.3, -0.25) is 0 Å². The summed E-state index contributed by atoms with van der Waals surface area (Å²) in [6.45, 7) is 5.44. The van der Waals surface area contributed by atoms with Crippen molar-refractivity contribution in [2.45, 2.75) is 51.5 Å². The predicted molar refractivity (Wildman–Crippen MR) is 119 cm³/mol. The summed E-state index contributed by atoms with van der Waals surface area (Å²) in [5.41, 5.74) is 1.16. The molecular weight excluding hydrogens is 396 g/mol. The van der Waals surface area contributed by atoms with Gasteiger partial charge in [-0.1, -0.05) is 60.7 Å². The van der Waals surface area contributed by atoms with Gasteiger partial charge in [0.1, 0.15) is 12.2 Å². The maximum absolute atomic E-state index is 12.4. The van der Waals surface area contributed by atoms with Crippen molar-refractivity contribution in [1.29, 1.82) is 0 Å². The third kappa shape index (κ3) is 9.09. The summed E-state index contributed by atoms with van der Waals surface area (Å²) in [5.74, 6) is 0. The normalized spacial score (nSPS) is 13.1. The smallest absolute Gasteiger partial charge is 0.410 e. The van der Waals surface area contributed by atoms with E-state index >= 15 is 0 Å². The third-order valence-corrected chi connectivity index (χ3v) is 4.44. The molecule has 0 aromatic heterocycles. The summed E-state index contributed by atoms with van der Waals surface area (Å²) in [6, 6.07) is 18.2. The highest BCUT2D eigenvalue weighted by Gasteiger charge is 2.27. The van der Waals surface area contributed by atoms with Gasteiger partial charge in [-0.25, -0.2) is 9.59 Å². The van der Waals surface area contributed by atoms with Crippen molar-refractivity contribution in [3.05, 3.63) is 71.8 Å². The highest BCUT2D eigenvalue weighted by Crippen LogP contribution is 2.12. The summed E-state index contributed by atoms with van der Waals surface area (Å²) in [6.07, 6.45) is -1.83. The van der Waals surface area contributed by atoms with Gasteiger partial charge in [0.15, 0.2) is 0 Å². The molecule has 0 fully saturated rings. The van der Waals surface area contributed by atoms with E-state index in [1.54, 1.807) is 27.8 Å². The summed E-state index contributed by atoms with van der Waals surface area (Å²) in [4.78, 5) is 25.9. The predicted octanol–water partition coefficient (Wildman–Crippen LogP) is 3.75. The van der Waals surface area contributed by atoms with Gasteiger partial charge in [0.25, 0.3) is 0 Å². The van der Waals surface area contributed by atoms with E-state index in [9.17, 15) is 14.7 Å². The number of rotatable bonds is 8. The van der Waals surface area contributed by atoms with Gasteiger partial charge in [-0.2, -0.15) is 0 Å². The number of nitrogens with one attached hydrogen (secondary N) is 1. The molecule has 7 heteroatoms.